The first kappa shape index (κ1) is 36.6. The van der Waals surface area contributed by atoms with E-state index in [1.54, 1.807) is 18.2 Å². The van der Waals surface area contributed by atoms with Crippen LogP contribution in [-0.4, -0.2) is 101 Å². The van der Waals surface area contributed by atoms with Gasteiger partial charge in [-0.3, -0.25) is 14.8 Å². The van der Waals surface area contributed by atoms with Crippen molar-refractivity contribution in [3.63, 3.8) is 0 Å². The molecule has 1 amide bonds. The van der Waals surface area contributed by atoms with Crippen LogP contribution in [0.25, 0.3) is 32.9 Å². The molecule has 286 valence electrons. The molecule has 11 nitrogen and oxygen atoms in total. The molecule has 6 heterocycles. The number of benzene rings is 2. The van der Waals surface area contributed by atoms with Gasteiger partial charge in [0.25, 0.3) is 0 Å². The van der Waals surface area contributed by atoms with Crippen molar-refractivity contribution in [3.8, 4) is 35.4 Å². The van der Waals surface area contributed by atoms with Gasteiger partial charge in [-0.1, -0.05) is 36.3 Å². The summed E-state index contributed by atoms with van der Waals surface area (Å²) in [6.07, 6.45) is 10.1. The third kappa shape index (κ3) is 6.61. The van der Waals surface area contributed by atoms with Crippen molar-refractivity contribution in [3.05, 3.63) is 72.0 Å². The summed E-state index contributed by atoms with van der Waals surface area (Å²) in [5.41, 5.74) is 1.32. The number of rotatable bonds is 8. The predicted molar refractivity (Wildman–Crippen MR) is 205 cm³/mol. The van der Waals surface area contributed by atoms with Crippen LogP contribution in [0.2, 0.25) is 0 Å². The zero-order valence-corrected chi connectivity index (χ0v) is 31.6. The Hall–Kier alpha value is -5.32. The number of ether oxygens (including phenoxy) is 4. The number of aromatic nitrogens is 3. The van der Waals surface area contributed by atoms with Gasteiger partial charge in [-0.15, -0.1) is 6.42 Å². The molecule has 2 aromatic heterocycles. The first-order valence-electron chi connectivity index (χ1n) is 18.5. The Bertz CT molecular complexity index is 2270. The van der Waals surface area contributed by atoms with Gasteiger partial charge in [-0.25, -0.2) is 13.6 Å². The van der Waals surface area contributed by atoms with Gasteiger partial charge in [0.05, 0.1) is 28.6 Å². The van der Waals surface area contributed by atoms with Gasteiger partial charge >= 0.3 is 12.1 Å². The van der Waals surface area contributed by atoms with Gasteiger partial charge in [0.2, 0.25) is 0 Å². The van der Waals surface area contributed by atoms with Gasteiger partial charge in [-0.2, -0.15) is 9.97 Å². The number of anilines is 1. The number of fused-ring (bicyclic) bond motifs is 5. The molecule has 4 aliphatic heterocycles. The number of amides is 1. The molecule has 0 saturated carbocycles. The molecule has 0 radical (unpaired) electrons. The third-order valence-electron chi connectivity index (χ3n) is 10.9. The number of terminal acetylenes is 1. The van der Waals surface area contributed by atoms with E-state index in [4.69, 9.17) is 30.4 Å². The number of hydrogen-bond acceptors (Lipinski definition) is 10. The normalized spacial score (nSPS) is 20.7. The Balaban J connectivity index is 1.25. The highest BCUT2D eigenvalue weighted by atomic mass is 19.1. The molecule has 4 saturated heterocycles. The topological polar surface area (TPSA) is 102 Å². The van der Waals surface area contributed by atoms with E-state index in [1.165, 1.54) is 19.4 Å². The van der Waals surface area contributed by atoms with Crippen molar-refractivity contribution in [2.75, 3.05) is 51.6 Å². The van der Waals surface area contributed by atoms with Crippen LogP contribution in [0, 0.1) is 24.0 Å². The van der Waals surface area contributed by atoms with Crippen molar-refractivity contribution in [2.24, 2.45) is 0 Å². The quantitative estimate of drug-likeness (QED) is 0.106. The highest BCUT2D eigenvalue weighted by molar-refractivity contribution is 6.03. The summed E-state index contributed by atoms with van der Waals surface area (Å²) in [5, 5.41) is 1.20. The average Bonchev–Trinajstić information content (AvgIpc) is 3.71. The van der Waals surface area contributed by atoms with E-state index in [0.717, 1.165) is 49.9 Å². The van der Waals surface area contributed by atoms with Crippen molar-refractivity contribution >= 4 is 33.6 Å². The zero-order chi connectivity index (χ0) is 38.8. The second kappa shape index (κ2) is 13.8. The van der Waals surface area contributed by atoms with Crippen LogP contribution in [0.5, 0.6) is 11.8 Å². The number of pyridine rings is 1. The van der Waals surface area contributed by atoms with Crippen molar-refractivity contribution in [1.29, 1.82) is 0 Å². The van der Waals surface area contributed by atoms with Gasteiger partial charge in [0, 0.05) is 50.4 Å². The minimum Gasteiger partial charge on any atom is -0.468 e. The molecule has 0 aliphatic carbocycles. The predicted octanol–water partition coefficient (Wildman–Crippen LogP) is 7.01. The summed E-state index contributed by atoms with van der Waals surface area (Å²) in [6.45, 7) is 16.6. The van der Waals surface area contributed by atoms with Crippen LogP contribution < -0.4 is 14.4 Å². The highest BCUT2D eigenvalue weighted by Gasteiger charge is 2.48. The lowest BCUT2D eigenvalue weighted by Crippen LogP contribution is -2.57. The van der Waals surface area contributed by atoms with Gasteiger partial charge in [0.1, 0.15) is 40.8 Å². The van der Waals surface area contributed by atoms with Crippen LogP contribution in [0.1, 0.15) is 52.0 Å². The molecule has 4 aliphatic rings. The first-order valence-corrected chi connectivity index (χ1v) is 18.5. The lowest BCUT2D eigenvalue weighted by atomic mass is 9.92. The standard InChI is InChI=1S/C42H44F2N6O5/c1-8-30-33(43)12-9-26-13-29(54-23-52-7)14-31(34(26)30)36-35(44)37-32(17-45-36)38(48-20-27-10-11-28(21-48)50(27)40(51)55-41(4,5)6)47-39(46-37)53-22-42-15-24(2)18-49(42)19-25(3)16-42/h1,9,12-14,17,27-28H,2-3,10-11,15-16,18-23H2,4-7H3/t27-,28+. The Morgan fingerprint density at radius 1 is 1.05 bits per heavy atom. The van der Waals surface area contributed by atoms with Gasteiger partial charge < -0.3 is 23.8 Å². The zero-order valence-electron chi connectivity index (χ0n) is 31.6. The molecule has 0 unspecified atom stereocenters. The fourth-order valence-electron chi connectivity index (χ4n) is 8.81. The molecule has 2 aromatic carbocycles. The molecule has 2 atom stereocenters. The Labute approximate surface area is 318 Å². The Morgan fingerprint density at radius 3 is 2.42 bits per heavy atom. The van der Waals surface area contributed by atoms with E-state index >= 15 is 8.78 Å². The average molecular weight is 751 g/mol. The maximum atomic E-state index is 17.3. The van der Waals surface area contributed by atoms with Crippen LogP contribution in [0.4, 0.5) is 19.4 Å². The number of nitrogens with zero attached hydrogens (tertiary/aromatic N) is 6. The number of hydrogen-bond donors (Lipinski definition) is 0. The van der Waals surface area contributed by atoms with Crippen LogP contribution in [-0.2, 0) is 9.47 Å². The smallest absolute Gasteiger partial charge is 0.410 e. The number of methoxy groups -OCH3 is 1. The molecule has 4 fully saturated rings. The second-order valence-corrected chi connectivity index (χ2v) is 16.1. The number of halogens is 2. The van der Waals surface area contributed by atoms with E-state index in [2.05, 4.69) is 38.8 Å². The van der Waals surface area contributed by atoms with E-state index < -0.39 is 17.2 Å². The van der Waals surface area contributed by atoms with E-state index in [-0.39, 0.29) is 65.5 Å². The van der Waals surface area contributed by atoms with Gasteiger partial charge in [-0.05, 0) is 70.0 Å². The van der Waals surface area contributed by atoms with E-state index in [1.807, 2.05) is 25.7 Å². The summed E-state index contributed by atoms with van der Waals surface area (Å²) in [5.74, 6) is 1.85. The number of carbonyl (C=O) groups excluding carboxylic acids is 1. The van der Waals surface area contributed by atoms with Crippen molar-refractivity contribution < 1.29 is 32.5 Å². The molecule has 8 rings (SSSR count). The molecule has 2 bridgehead atoms. The summed E-state index contributed by atoms with van der Waals surface area (Å²) >= 11 is 0. The summed E-state index contributed by atoms with van der Waals surface area (Å²) in [6, 6.07) is 5.81. The van der Waals surface area contributed by atoms with Crippen LogP contribution in [0.15, 0.2) is 54.8 Å². The van der Waals surface area contributed by atoms with Crippen LogP contribution in [0.3, 0.4) is 0 Å². The van der Waals surface area contributed by atoms with Gasteiger partial charge in [0.15, 0.2) is 12.6 Å². The summed E-state index contributed by atoms with van der Waals surface area (Å²) < 4.78 is 55.6. The summed E-state index contributed by atoms with van der Waals surface area (Å²) in [7, 11) is 1.49. The lowest BCUT2D eigenvalue weighted by Gasteiger charge is -2.42. The minimum absolute atomic E-state index is 0.00205. The van der Waals surface area contributed by atoms with Crippen molar-refractivity contribution in [2.45, 2.75) is 69.7 Å². The molecule has 13 heteroatoms. The van der Waals surface area contributed by atoms with Crippen LogP contribution >= 0.6 is 0 Å². The third-order valence-corrected chi connectivity index (χ3v) is 10.9. The molecule has 4 aromatic rings. The monoisotopic (exact) mass is 750 g/mol. The maximum Gasteiger partial charge on any atom is 0.410 e. The Kier molecular flexibility index (Phi) is 9.17. The number of piperazine rings is 1. The SMILES string of the molecule is C#Cc1c(F)ccc2cc(OCOC)cc(-c3ncc4c(N5C[C@H]6CC[C@@H](C5)N6C(=O)OC(C)(C)C)nc(OCC56CC(=C)CN5CC(=C)C6)nc4c3F)c12. The molecule has 0 spiro atoms. The fourth-order valence-corrected chi connectivity index (χ4v) is 8.81. The fraction of sp³-hybridized carbons (Fsp3) is 0.429. The molecule has 55 heavy (non-hydrogen) atoms. The van der Waals surface area contributed by atoms with Crippen molar-refractivity contribution in [1.82, 2.24) is 24.8 Å². The largest absolute Gasteiger partial charge is 0.468 e. The second-order valence-electron chi connectivity index (χ2n) is 16.1. The van der Waals surface area contributed by atoms with E-state index in [9.17, 15) is 4.79 Å². The first-order chi connectivity index (χ1) is 26.3. The highest BCUT2D eigenvalue weighted by Crippen LogP contribution is 2.44. The minimum atomic E-state index is -0.762. The maximum absolute atomic E-state index is 17.3. The summed E-state index contributed by atoms with van der Waals surface area (Å²) in [4.78, 5) is 33.8. The van der Waals surface area contributed by atoms with E-state index in [0.29, 0.717) is 40.8 Å². The number of carbonyl (C=O) groups is 1. The molecular weight excluding hydrogens is 706 g/mol. The lowest BCUT2D eigenvalue weighted by molar-refractivity contribution is 0.0122. The molecular formula is C42H44F2N6O5. The molecule has 0 N–H and O–H groups in total. The Morgan fingerprint density at radius 2 is 1.76 bits per heavy atom.